The van der Waals surface area contributed by atoms with E-state index < -0.39 is 0 Å². The fourth-order valence-corrected chi connectivity index (χ4v) is 2.84. The highest BCUT2D eigenvalue weighted by Crippen LogP contribution is 2.28. The quantitative estimate of drug-likeness (QED) is 0.851. The van der Waals surface area contributed by atoms with Gasteiger partial charge < -0.3 is 10.1 Å². The van der Waals surface area contributed by atoms with Crippen LogP contribution in [-0.2, 0) is 4.74 Å². The largest absolute Gasteiger partial charge is 0.378 e. The number of ether oxygens (including phenoxy) is 1. The molecule has 0 amide bonds. The lowest BCUT2D eigenvalue weighted by Crippen LogP contribution is -2.26. The van der Waals surface area contributed by atoms with Crippen LogP contribution in [0, 0.1) is 5.82 Å². The smallest absolute Gasteiger partial charge is 0.123 e. The van der Waals surface area contributed by atoms with Crippen LogP contribution in [0.15, 0.2) is 24.3 Å². The van der Waals surface area contributed by atoms with Crippen molar-refractivity contribution in [2.75, 3.05) is 13.2 Å². The Hall–Kier alpha value is -0.930. The first-order chi connectivity index (χ1) is 9.31. The van der Waals surface area contributed by atoms with Gasteiger partial charge >= 0.3 is 0 Å². The van der Waals surface area contributed by atoms with Crippen LogP contribution >= 0.6 is 0 Å². The predicted molar refractivity (Wildman–Crippen MR) is 73.8 cm³/mol. The molecule has 2 nitrogen and oxygen atoms in total. The Morgan fingerprint density at radius 2 is 2.21 bits per heavy atom. The number of halogens is 1. The van der Waals surface area contributed by atoms with Crippen molar-refractivity contribution in [3.63, 3.8) is 0 Å². The van der Waals surface area contributed by atoms with Crippen molar-refractivity contribution < 1.29 is 9.13 Å². The minimum absolute atomic E-state index is 0.138. The van der Waals surface area contributed by atoms with Crippen molar-refractivity contribution in [2.24, 2.45) is 0 Å². The third kappa shape index (κ3) is 3.77. The van der Waals surface area contributed by atoms with E-state index in [0.29, 0.717) is 18.1 Å². The molecule has 3 heteroatoms. The maximum absolute atomic E-state index is 13.4. The van der Waals surface area contributed by atoms with Crippen LogP contribution in [0.3, 0.4) is 0 Å². The molecule has 2 atom stereocenters. The number of benzene rings is 1. The normalized spacial score (nSPS) is 24.6. The van der Waals surface area contributed by atoms with Crippen molar-refractivity contribution >= 4 is 0 Å². The molecule has 3 rings (SSSR count). The molecule has 1 N–H and O–H groups in total. The topological polar surface area (TPSA) is 21.3 Å². The first-order valence-electron chi connectivity index (χ1n) is 7.42. The van der Waals surface area contributed by atoms with Crippen LogP contribution in [-0.4, -0.2) is 25.3 Å². The van der Waals surface area contributed by atoms with Gasteiger partial charge in [-0.05, 0) is 55.7 Å². The number of hydrogen-bond acceptors (Lipinski definition) is 2. The lowest BCUT2D eigenvalue weighted by Gasteiger charge is -2.21. The Morgan fingerprint density at radius 3 is 2.89 bits per heavy atom. The summed E-state index contributed by atoms with van der Waals surface area (Å²) in [7, 11) is 0. The molecule has 1 aliphatic heterocycles. The molecule has 1 aromatic rings. The van der Waals surface area contributed by atoms with Crippen LogP contribution in [0.1, 0.15) is 43.6 Å². The van der Waals surface area contributed by atoms with Gasteiger partial charge in [0.15, 0.2) is 0 Å². The van der Waals surface area contributed by atoms with Crippen LogP contribution in [0.4, 0.5) is 4.39 Å². The van der Waals surface area contributed by atoms with Crippen molar-refractivity contribution in [1.29, 1.82) is 0 Å². The first-order valence-corrected chi connectivity index (χ1v) is 7.42. The number of nitrogens with one attached hydrogen (secondary N) is 1. The monoisotopic (exact) mass is 263 g/mol. The van der Waals surface area contributed by atoms with Crippen LogP contribution in [0.25, 0.3) is 0 Å². The van der Waals surface area contributed by atoms with E-state index >= 15 is 0 Å². The molecule has 0 bridgehead atoms. The summed E-state index contributed by atoms with van der Waals surface area (Å²) >= 11 is 0. The van der Waals surface area contributed by atoms with Crippen molar-refractivity contribution in [3.05, 3.63) is 35.6 Å². The molecule has 1 heterocycles. The van der Waals surface area contributed by atoms with Gasteiger partial charge in [0.2, 0.25) is 0 Å². The van der Waals surface area contributed by atoms with E-state index in [9.17, 15) is 4.39 Å². The van der Waals surface area contributed by atoms with Crippen molar-refractivity contribution in [3.8, 4) is 0 Å². The summed E-state index contributed by atoms with van der Waals surface area (Å²) in [6.07, 6.45) is 6.25. The molecule has 1 aliphatic carbocycles. The molecule has 104 valence electrons. The lowest BCUT2D eigenvalue weighted by atomic mass is 9.92. The van der Waals surface area contributed by atoms with Gasteiger partial charge in [-0.25, -0.2) is 4.39 Å². The first kappa shape index (κ1) is 13.1. The SMILES string of the molecule is Fc1cccc(C(CNC2CC2)CC2CCCO2)c1. The zero-order valence-corrected chi connectivity index (χ0v) is 11.3. The molecule has 2 aliphatic rings. The van der Waals surface area contributed by atoms with E-state index in [1.807, 2.05) is 12.1 Å². The molecular formula is C16H22FNO. The van der Waals surface area contributed by atoms with Crippen molar-refractivity contribution in [2.45, 2.75) is 50.2 Å². The zero-order valence-electron chi connectivity index (χ0n) is 11.3. The fraction of sp³-hybridized carbons (Fsp3) is 0.625. The minimum Gasteiger partial charge on any atom is -0.378 e. The highest BCUT2D eigenvalue weighted by Gasteiger charge is 2.25. The maximum atomic E-state index is 13.4. The Balaban J connectivity index is 1.66. The van der Waals surface area contributed by atoms with Gasteiger partial charge in [-0.2, -0.15) is 0 Å². The van der Waals surface area contributed by atoms with E-state index in [1.54, 1.807) is 6.07 Å². The summed E-state index contributed by atoms with van der Waals surface area (Å²) in [4.78, 5) is 0. The van der Waals surface area contributed by atoms with E-state index in [-0.39, 0.29) is 5.82 Å². The summed E-state index contributed by atoms with van der Waals surface area (Å²) in [6, 6.07) is 7.73. The highest BCUT2D eigenvalue weighted by molar-refractivity contribution is 5.21. The molecule has 1 saturated heterocycles. The minimum atomic E-state index is -0.138. The summed E-state index contributed by atoms with van der Waals surface area (Å²) in [5.74, 6) is 0.223. The van der Waals surface area contributed by atoms with Gasteiger partial charge in [0.25, 0.3) is 0 Å². The van der Waals surface area contributed by atoms with Gasteiger partial charge in [-0.15, -0.1) is 0 Å². The zero-order chi connectivity index (χ0) is 13.1. The Labute approximate surface area is 114 Å². The summed E-state index contributed by atoms with van der Waals surface area (Å²) in [6.45, 7) is 1.82. The molecular weight excluding hydrogens is 241 g/mol. The second-order valence-corrected chi connectivity index (χ2v) is 5.81. The third-order valence-corrected chi connectivity index (χ3v) is 4.12. The standard InChI is InChI=1S/C16H22FNO/c17-14-4-1-3-12(9-14)13(11-18-15-6-7-15)10-16-5-2-8-19-16/h1,3-4,9,13,15-16,18H,2,5-8,10-11H2. The highest BCUT2D eigenvalue weighted by atomic mass is 19.1. The van der Waals surface area contributed by atoms with Gasteiger partial charge in [0.05, 0.1) is 6.10 Å². The van der Waals surface area contributed by atoms with E-state index in [2.05, 4.69) is 5.32 Å². The third-order valence-electron chi connectivity index (χ3n) is 4.12. The second-order valence-electron chi connectivity index (χ2n) is 5.81. The Bertz CT molecular complexity index is 413. The molecule has 1 saturated carbocycles. The van der Waals surface area contributed by atoms with Crippen molar-refractivity contribution in [1.82, 2.24) is 5.32 Å². The van der Waals surface area contributed by atoms with Crippen LogP contribution in [0.2, 0.25) is 0 Å². The average Bonchev–Trinajstić information content (AvgIpc) is 3.10. The molecule has 2 fully saturated rings. The van der Waals surface area contributed by atoms with Crippen LogP contribution in [0.5, 0.6) is 0 Å². The summed E-state index contributed by atoms with van der Waals surface area (Å²) in [5, 5.41) is 3.57. The second kappa shape index (κ2) is 6.02. The predicted octanol–water partition coefficient (Wildman–Crippen LogP) is 3.23. The average molecular weight is 263 g/mol. The molecule has 0 spiro atoms. The van der Waals surface area contributed by atoms with E-state index in [4.69, 9.17) is 4.74 Å². The summed E-state index contributed by atoms with van der Waals surface area (Å²) in [5.41, 5.74) is 1.10. The summed E-state index contributed by atoms with van der Waals surface area (Å²) < 4.78 is 19.1. The van der Waals surface area contributed by atoms with E-state index in [1.165, 1.54) is 18.9 Å². The van der Waals surface area contributed by atoms with Gasteiger partial charge in [-0.1, -0.05) is 12.1 Å². The maximum Gasteiger partial charge on any atom is 0.123 e. The molecule has 19 heavy (non-hydrogen) atoms. The molecule has 1 aromatic carbocycles. The molecule has 0 aromatic heterocycles. The Morgan fingerprint density at radius 1 is 1.32 bits per heavy atom. The van der Waals surface area contributed by atoms with Gasteiger partial charge in [-0.3, -0.25) is 0 Å². The molecule has 0 radical (unpaired) electrons. The molecule has 2 unspecified atom stereocenters. The van der Waals surface area contributed by atoms with Crippen LogP contribution < -0.4 is 5.32 Å². The van der Waals surface area contributed by atoms with Gasteiger partial charge in [0, 0.05) is 19.2 Å². The number of rotatable bonds is 6. The lowest BCUT2D eigenvalue weighted by molar-refractivity contribution is 0.0976. The van der Waals surface area contributed by atoms with E-state index in [0.717, 1.165) is 38.0 Å². The Kier molecular flexibility index (Phi) is 4.14. The van der Waals surface area contributed by atoms with Gasteiger partial charge in [0.1, 0.15) is 5.82 Å². The number of hydrogen-bond donors (Lipinski definition) is 1. The fourth-order valence-electron chi connectivity index (χ4n) is 2.84.